The molecule has 18 heavy (non-hydrogen) atoms. The number of ether oxygens (including phenoxy) is 1. The molecule has 2 aliphatic heterocycles. The van der Waals surface area contributed by atoms with E-state index in [0.29, 0.717) is 23.3 Å². The lowest BCUT2D eigenvalue weighted by Gasteiger charge is -2.64. The Kier molecular flexibility index (Phi) is 1.70. The summed E-state index contributed by atoms with van der Waals surface area (Å²) in [6.07, 6.45) is 5.18. The molecule has 3 nitrogen and oxygen atoms in total. The van der Waals surface area contributed by atoms with Crippen LogP contribution in [0.3, 0.4) is 0 Å². The molecule has 0 radical (unpaired) electrons. The third kappa shape index (κ3) is 0.953. The van der Waals surface area contributed by atoms with Crippen LogP contribution in [0.4, 0.5) is 0 Å². The highest BCUT2D eigenvalue weighted by molar-refractivity contribution is 5.25. The highest BCUT2D eigenvalue weighted by atomic mass is 16.6. The van der Waals surface area contributed by atoms with E-state index in [2.05, 4.69) is 32.6 Å². The summed E-state index contributed by atoms with van der Waals surface area (Å²) in [4.78, 5) is 2.15. The largest absolute Gasteiger partial charge is 0.495 e. The standard InChI is InChI=1S/C15H23NO2/c1-13(2)9-7-10(13)15(4)11(8-9)16-12(17)5-6-14(16,3)18-15/h5,9-11,17H,6-8H2,1-4H3/t9-,10-,11+,14-,15-/m1/s1. The molecule has 3 heteroatoms. The van der Waals surface area contributed by atoms with Crippen LogP contribution in [0.2, 0.25) is 0 Å². The Morgan fingerprint density at radius 3 is 2.67 bits per heavy atom. The minimum Gasteiger partial charge on any atom is -0.495 e. The number of hydrogen-bond donors (Lipinski definition) is 1. The van der Waals surface area contributed by atoms with Crippen LogP contribution in [0.1, 0.15) is 47.0 Å². The van der Waals surface area contributed by atoms with Crippen molar-refractivity contribution in [1.29, 1.82) is 0 Å². The summed E-state index contributed by atoms with van der Waals surface area (Å²) in [5, 5.41) is 10.2. The van der Waals surface area contributed by atoms with E-state index in [1.165, 1.54) is 6.42 Å². The Morgan fingerprint density at radius 2 is 2.00 bits per heavy atom. The van der Waals surface area contributed by atoms with E-state index < -0.39 is 0 Å². The highest BCUT2D eigenvalue weighted by Gasteiger charge is 2.71. The van der Waals surface area contributed by atoms with E-state index in [4.69, 9.17) is 4.74 Å². The van der Waals surface area contributed by atoms with Crippen molar-refractivity contribution in [2.75, 3.05) is 0 Å². The fraction of sp³-hybridized carbons (Fsp3) is 0.867. The molecule has 1 saturated heterocycles. The van der Waals surface area contributed by atoms with Crippen molar-refractivity contribution < 1.29 is 9.84 Å². The SMILES string of the molecule is CC1(C)[C@H]2C[C@@H]3N4C(O)=CC[C@@]4(C)O[C@]3(C)[C@@H]1C2. The first-order chi connectivity index (χ1) is 8.29. The molecule has 5 atom stereocenters. The van der Waals surface area contributed by atoms with E-state index in [0.717, 1.165) is 18.8 Å². The Morgan fingerprint density at radius 1 is 1.28 bits per heavy atom. The van der Waals surface area contributed by atoms with Gasteiger partial charge in [0.25, 0.3) is 0 Å². The van der Waals surface area contributed by atoms with Crippen molar-refractivity contribution in [2.45, 2.75) is 64.3 Å². The molecule has 0 aromatic heterocycles. The lowest BCUT2D eigenvalue weighted by Crippen LogP contribution is -2.66. The van der Waals surface area contributed by atoms with Gasteiger partial charge >= 0.3 is 0 Å². The van der Waals surface area contributed by atoms with Gasteiger partial charge < -0.3 is 14.7 Å². The average molecular weight is 249 g/mol. The number of aliphatic hydroxyl groups is 1. The molecular weight excluding hydrogens is 226 g/mol. The topological polar surface area (TPSA) is 32.7 Å². The van der Waals surface area contributed by atoms with Crippen molar-refractivity contribution in [3.63, 3.8) is 0 Å². The Labute approximate surface area is 109 Å². The molecule has 2 heterocycles. The molecule has 3 saturated carbocycles. The quantitative estimate of drug-likeness (QED) is 0.716. The molecule has 4 fully saturated rings. The summed E-state index contributed by atoms with van der Waals surface area (Å²) < 4.78 is 6.53. The van der Waals surface area contributed by atoms with Crippen LogP contribution < -0.4 is 0 Å². The minimum absolute atomic E-state index is 0.0881. The average Bonchev–Trinajstić information content (AvgIpc) is 2.67. The predicted molar refractivity (Wildman–Crippen MR) is 68.8 cm³/mol. The molecule has 0 aromatic rings. The molecule has 0 unspecified atom stereocenters. The molecule has 2 bridgehead atoms. The van der Waals surface area contributed by atoms with Gasteiger partial charge in [0, 0.05) is 6.42 Å². The maximum Gasteiger partial charge on any atom is 0.185 e. The van der Waals surface area contributed by atoms with Crippen molar-refractivity contribution in [3.8, 4) is 0 Å². The van der Waals surface area contributed by atoms with Crippen LogP contribution >= 0.6 is 0 Å². The molecule has 0 spiro atoms. The summed E-state index contributed by atoms with van der Waals surface area (Å²) in [6, 6.07) is 0.359. The number of aliphatic hydroxyl groups excluding tert-OH is 1. The van der Waals surface area contributed by atoms with Gasteiger partial charge in [-0.15, -0.1) is 0 Å². The number of nitrogens with zero attached hydrogens (tertiary/aromatic N) is 1. The monoisotopic (exact) mass is 249 g/mol. The fourth-order valence-electron chi connectivity index (χ4n) is 5.40. The van der Waals surface area contributed by atoms with Gasteiger partial charge in [0.2, 0.25) is 0 Å². The summed E-state index contributed by atoms with van der Waals surface area (Å²) in [6.45, 7) is 9.17. The second-order valence-corrected chi connectivity index (χ2v) is 7.66. The first kappa shape index (κ1) is 11.2. The van der Waals surface area contributed by atoms with Gasteiger partial charge in [-0.2, -0.15) is 0 Å². The lowest BCUT2D eigenvalue weighted by molar-refractivity contribution is -0.222. The van der Waals surface area contributed by atoms with Gasteiger partial charge in [0.1, 0.15) is 5.72 Å². The smallest absolute Gasteiger partial charge is 0.185 e. The van der Waals surface area contributed by atoms with Crippen LogP contribution in [0, 0.1) is 17.3 Å². The third-order valence-corrected chi connectivity index (χ3v) is 6.50. The van der Waals surface area contributed by atoms with Gasteiger partial charge in [0.15, 0.2) is 5.88 Å². The van der Waals surface area contributed by atoms with Gasteiger partial charge in [-0.25, -0.2) is 0 Å². The van der Waals surface area contributed by atoms with Crippen LogP contribution in [0.25, 0.3) is 0 Å². The fourth-order valence-corrected chi connectivity index (χ4v) is 5.40. The zero-order valence-corrected chi connectivity index (χ0v) is 11.7. The second kappa shape index (κ2) is 2.74. The summed E-state index contributed by atoms with van der Waals surface area (Å²) in [5.74, 6) is 1.86. The molecule has 0 amide bonds. The predicted octanol–water partition coefficient (Wildman–Crippen LogP) is 3.03. The van der Waals surface area contributed by atoms with E-state index in [9.17, 15) is 5.11 Å². The van der Waals surface area contributed by atoms with Gasteiger partial charge in [0.05, 0.1) is 11.6 Å². The zero-order valence-electron chi connectivity index (χ0n) is 11.7. The van der Waals surface area contributed by atoms with Crippen molar-refractivity contribution in [2.24, 2.45) is 17.3 Å². The molecule has 0 aromatic carbocycles. The first-order valence-electron chi connectivity index (χ1n) is 7.18. The first-order valence-corrected chi connectivity index (χ1v) is 7.18. The third-order valence-electron chi connectivity index (χ3n) is 6.50. The number of rotatable bonds is 0. The van der Waals surface area contributed by atoms with Crippen LogP contribution in [-0.2, 0) is 4.74 Å². The maximum atomic E-state index is 10.2. The second-order valence-electron chi connectivity index (χ2n) is 7.66. The van der Waals surface area contributed by atoms with Gasteiger partial charge in [-0.1, -0.05) is 13.8 Å². The molecule has 5 rings (SSSR count). The molecule has 1 N–H and O–H groups in total. The van der Waals surface area contributed by atoms with E-state index in [1.807, 2.05) is 6.08 Å². The van der Waals surface area contributed by atoms with E-state index in [1.54, 1.807) is 0 Å². The highest BCUT2D eigenvalue weighted by Crippen LogP contribution is 2.68. The normalized spacial score (nSPS) is 55.7. The van der Waals surface area contributed by atoms with Crippen LogP contribution in [0.15, 0.2) is 12.0 Å². The van der Waals surface area contributed by atoms with E-state index >= 15 is 0 Å². The van der Waals surface area contributed by atoms with Crippen LogP contribution in [-0.4, -0.2) is 27.4 Å². The summed E-state index contributed by atoms with van der Waals surface area (Å²) >= 11 is 0. The molecule has 5 aliphatic rings. The van der Waals surface area contributed by atoms with Gasteiger partial charge in [-0.05, 0) is 50.0 Å². The Hall–Kier alpha value is -0.700. The molecule has 3 aliphatic carbocycles. The zero-order chi connectivity index (χ0) is 12.9. The summed E-state index contributed by atoms with van der Waals surface area (Å²) in [7, 11) is 0. The van der Waals surface area contributed by atoms with Crippen molar-refractivity contribution >= 4 is 0 Å². The summed E-state index contributed by atoms with van der Waals surface area (Å²) in [5.41, 5.74) is 0.00694. The Bertz CT molecular complexity index is 457. The molecular formula is C15H23NO2. The maximum absolute atomic E-state index is 10.2. The minimum atomic E-state index is -0.308. The van der Waals surface area contributed by atoms with Crippen LogP contribution in [0.5, 0.6) is 0 Å². The lowest BCUT2D eigenvalue weighted by atomic mass is 9.43. The van der Waals surface area contributed by atoms with Crippen molar-refractivity contribution in [1.82, 2.24) is 4.90 Å². The van der Waals surface area contributed by atoms with Crippen molar-refractivity contribution in [3.05, 3.63) is 12.0 Å². The Balaban J connectivity index is 1.78. The molecule has 100 valence electrons. The number of fused-ring (bicyclic) bond motifs is 1. The van der Waals surface area contributed by atoms with Gasteiger partial charge in [-0.3, -0.25) is 0 Å². The number of hydrogen-bond acceptors (Lipinski definition) is 3. The van der Waals surface area contributed by atoms with E-state index in [-0.39, 0.29) is 11.3 Å².